The average Bonchev–Trinajstić information content (AvgIpc) is 2.96. The van der Waals surface area contributed by atoms with Crippen LogP contribution in [0, 0.1) is 0 Å². The van der Waals surface area contributed by atoms with E-state index in [9.17, 15) is 9.59 Å². The van der Waals surface area contributed by atoms with E-state index in [1.807, 2.05) is 6.92 Å². The van der Waals surface area contributed by atoms with Gasteiger partial charge in [-0.25, -0.2) is 4.79 Å². The standard InChI is InChI=1S/C16H16BrN3O5S/c1-4-25-12-6-10(17)9(5-11(12)23-2)8-18-20-16-19-15(22)13(26-16)7-14(21)24-3/h5-8H,4H2,1-3H3,(H,19,20,22)/b13-7+,18-8?. The molecule has 2 rings (SSSR count). The molecular formula is C16H16BrN3O5S. The molecule has 0 unspecified atom stereocenters. The van der Waals surface area contributed by atoms with Crippen LogP contribution in [0.2, 0.25) is 0 Å². The van der Waals surface area contributed by atoms with E-state index in [1.54, 1.807) is 19.2 Å². The SMILES string of the molecule is CCOc1cc(Br)c(C=N/N=C2/NC(=O)/C(=C\C(=O)OC)S2)cc1OC. The van der Waals surface area contributed by atoms with Crippen LogP contribution in [-0.4, -0.2) is 44.1 Å². The monoisotopic (exact) mass is 441 g/mol. The summed E-state index contributed by atoms with van der Waals surface area (Å²) in [5, 5.41) is 10.7. The smallest absolute Gasteiger partial charge is 0.331 e. The number of amidine groups is 1. The van der Waals surface area contributed by atoms with Crippen LogP contribution in [0.4, 0.5) is 0 Å². The van der Waals surface area contributed by atoms with Gasteiger partial charge in [-0.2, -0.15) is 5.10 Å². The van der Waals surface area contributed by atoms with E-state index >= 15 is 0 Å². The van der Waals surface area contributed by atoms with Crippen molar-refractivity contribution in [1.29, 1.82) is 0 Å². The second kappa shape index (κ2) is 9.39. The Balaban J connectivity index is 2.15. The lowest BCUT2D eigenvalue weighted by Gasteiger charge is -2.10. The molecule has 0 spiro atoms. The molecule has 0 bridgehead atoms. The van der Waals surface area contributed by atoms with Gasteiger partial charge in [0.2, 0.25) is 0 Å². The van der Waals surface area contributed by atoms with E-state index in [0.29, 0.717) is 23.7 Å². The number of amides is 1. The van der Waals surface area contributed by atoms with Crippen LogP contribution in [-0.2, 0) is 14.3 Å². The van der Waals surface area contributed by atoms with E-state index in [-0.39, 0.29) is 10.1 Å². The summed E-state index contributed by atoms with van der Waals surface area (Å²) in [5.41, 5.74) is 0.717. The molecule has 1 saturated heterocycles. The minimum atomic E-state index is -0.613. The molecule has 1 fully saturated rings. The summed E-state index contributed by atoms with van der Waals surface area (Å²) < 4.78 is 16.0. The number of thioether (sulfide) groups is 1. The normalized spacial score (nSPS) is 17.0. The number of carbonyl (C=O) groups excluding carboxylic acids is 2. The van der Waals surface area contributed by atoms with Gasteiger partial charge in [0, 0.05) is 16.1 Å². The first kappa shape index (κ1) is 20.0. The Morgan fingerprint density at radius 3 is 2.77 bits per heavy atom. The fourth-order valence-corrected chi connectivity index (χ4v) is 3.03. The third-order valence-electron chi connectivity index (χ3n) is 3.03. The number of benzene rings is 1. The van der Waals surface area contributed by atoms with Crippen molar-refractivity contribution in [1.82, 2.24) is 5.32 Å². The highest BCUT2D eigenvalue weighted by Crippen LogP contribution is 2.33. The van der Waals surface area contributed by atoms with Gasteiger partial charge >= 0.3 is 5.97 Å². The van der Waals surface area contributed by atoms with Gasteiger partial charge in [-0.3, -0.25) is 10.1 Å². The number of nitrogens with one attached hydrogen (secondary N) is 1. The van der Waals surface area contributed by atoms with E-state index < -0.39 is 11.9 Å². The van der Waals surface area contributed by atoms with Gasteiger partial charge in [0.15, 0.2) is 16.7 Å². The van der Waals surface area contributed by atoms with Crippen molar-refractivity contribution in [2.45, 2.75) is 6.92 Å². The van der Waals surface area contributed by atoms with Crippen molar-refractivity contribution < 1.29 is 23.8 Å². The Hall–Kier alpha value is -2.33. The lowest BCUT2D eigenvalue weighted by Crippen LogP contribution is -2.19. The van der Waals surface area contributed by atoms with Crippen LogP contribution < -0.4 is 14.8 Å². The van der Waals surface area contributed by atoms with Crippen molar-refractivity contribution in [3.8, 4) is 11.5 Å². The maximum Gasteiger partial charge on any atom is 0.331 e. The number of carbonyl (C=O) groups is 2. The second-order valence-corrected chi connectivity index (χ2v) is 6.58. The third-order valence-corrected chi connectivity index (χ3v) is 4.62. The highest BCUT2D eigenvalue weighted by Gasteiger charge is 2.25. The summed E-state index contributed by atoms with van der Waals surface area (Å²) in [4.78, 5) is 23.1. The molecular weight excluding hydrogens is 426 g/mol. The molecule has 1 amide bonds. The number of ether oxygens (including phenoxy) is 3. The van der Waals surface area contributed by atoms with Crippen molar-refractivity contribution >= 4 is 51.0 Å². The van der Waals surface area contributed by atoms with Gasteiger partial charge in [-0.1, -0.05) is 0 Å². The molecule has 0 saturated carbocycles. The summed E-state index contributed by atoms with van der Waals surface area (Å²) in [5.74, 6) is 0.133. The molecule has 0 aromatic heterocycles. The van der Waals surface area contributed by atoms with Gasteiger partial charge < -0.3 is 14.2 Å². The van der Waals surface area contributed by atoms with Crippen LogP contribution in [0.3, 0.4) is 0 Å². The fraction of sp³-hybridized carbons (Fsp3) is 0.250. The van der Waals surface area contributed by atoms with Crippen LogP contribution in [0.15, 0.2) is 37.8 Å². The van der Waals surface area contributed by atoms with Gasteiger partial charge in [-0.15, -0.1) is 5.10 Å². The first-order valence-corrected chi connectivity index (χ1v) is 8.99. The highest BCUT2D eigenvalue weighted by molar-refractivity contribution is 9.10. The van der Waals surface area contributed by atoms with Crippen molar-refractivity contribution in [3.05, 3.63) is 33.2 Å². The molecule has 1 aliphatic heterocycles. The molecule has 1 N–H and O–H groups in total. The molecule has 1 aromatic rings. The molecule has 0 radical (unpaired) electrons. The van der Waals surface area contributed by atoms with Crippen LogP contribution in [0.5, 0.6) is 11.5 Å². The summed E-state index contributed by atoms with van der Waals surface area (Å²) in [7, 11) is 2.78. The number of halogens is 1. The number of hydrogen-bond acceptors (Lipinski definition) is 8. The summed E-state index contributed by atoms with van der Waals surface area (Å²) >= 11 is 4.44. The zero-order chi connectivity index (χ0) is 19.1. The van der Waals surface area contributed by atoms with Crippen LogP contribution >= 0.6 is 27.7 Å². The van der Waals surface area contributed by atoms with E-state index in [2.05, 4.69) is 36.2 Å². The van der Waals surface area contributed by atoms with Gasteiger partial charge in [0.25, 0.3) is 5.91 Å². The predicted molar refractivity (Wildman–Crippen MR) is 103 cm³/mol. The zero-order valence-corrected chi connectivity index (χ0v) is 16.6. The summed E-state index contributed by atoms with van der Waals surface area (Å²) in [6, 6.07) is 3.53. The van der Waals surface area contributed by atoms with Crippen LogP contribution in [0.1, 0.15) is 12.5 Å². The van der Waals surface area contributed by atoms with Crippen LogP contribution in [0.25, 0.3) is 0 Å². The number of methoxy groups -OCH3 is 2. The first-order chi connectivity index (χ1) is 12.5. The molecule has 1 aromatic carbocycles. The molecule has 8 nitrogen and oxygen atoms in total. The summed E-state index contributed by atoms with van der Waals surface area (Å²) in [6.45, 7) is 2.40. The summed E-state index contributed by atoms with van der Waals surface area (Å²) in [6.07, 6.45) is 2.60. The van der Waals surface area contributed by atoms with Crippen molar-refractivity contribution in [3.63, 3.8) is 0 Å². The molecule has 10 heteroatoms. The average molecular weight is 442 g/mol. The molecule has 0 aliphatic carbocycles. The van der Waals surface area contributed by atoms with Crippen molar-refractivity contribution in [2.24, 2.45) is 10.2 Å². The van der Waals surface area contributed by atoms with Gasteiger partial charge in [0.1, 0.15) is 0 Å². The zero-order valence-electron chi connectivity index (χ0n) is 14.2. The number of esters is 1. The lowest BCUT2D eigenvalue weighted by atomic mass is 10.2. The Morgan fingerprint density at radius 2 is 2.12 bits per heavy atom. The molecule has 0 atom stereocenters. The Bertz CT molecular complexity index is 807. The Labute approximate surface area is 162 Å². The largest absolute Gasteiger partial charge is 0.493 e. The Morgan fingerprint density at radius 1 is 1.35 bits per heavy atom. The van der Waals surface area contributed by atoms with E-state index in [1.165, 1.54) is 13.3 Å². The van der Waals surface area contributed by atoms with E-state index in [0.717, 1.165) is 22.3 Å². The maximum absolute atomic E-state index is 11.7. The lowest BCUT2D eigenvalue weighted by molar-refractivity contribution is -0.135. The van der Waals surface area contributed by atoms with Crippen molar-refractivity contribution in [2.75, 3.05) is 20.8 Å². The molecule has 26 heavy (non-hydrogen) atoms. The number of rotatable bonds is 6. The van der Waals surface area contributed by atoms with Gasteiger partial charge in [-0.05, 0) is 46.7 Å². The maximum atomic E-state index is 11.7. The second-order valence-electron chi connectivity index (χ2n) is 4.70. The quantitative estimate of drug-likeness (QED) is 0.315. The Kier molecular flexibility index (Phi) is 7.22. The third kappa shape index (κ3) is 5.09. The van der Waals surface area contributed by atoms with Gasteiger partial charge in [0.05, 0.1) is 31.9 Å². The van der Waals surface area contributed by atoms with E-state index in [4.69, 9.17) is 9.47 Å². The predicted octanol–water partition coefficient (Wildman–Crippen LogP) is 2.47. The number of nitrogens with zero attached hydrogens (tertiary/aromatic N) is 2. The molecule has 1 aliphatic rings. The minimum absolute atomic E-state index is 0.190. The minimum Gasteiger partial charge on any atom is -0.493 e. The number of hydrogen-bond donors (Lipinski definition) is 1. The fourth-order valence-electron chi connectivity index (χ4n) is 1.86. The first-order valence-electron chi connectivity index (χ1n) is 7.38. The highest BCUT2D eigenvalue weighted by atomic mass is 79.9. The molecule has 1 heterocycles. The molecule has 138 valence electrons. The topological polar surface area (TPSA) is 98.6 Å².